The molecule has 0 amide bonds. The minimum atomic E-state index is -0.407. The quantitative estimate of drug-likeness (QED) is 0.915. The number of benzene rings is 1. The molecule has 1 N–H and O–H groups in total. The summed E-state index contributed by atoms with van der Waals surface area (Å²) < 4.78 is 13.0. The van der Waals surface area contributed by atoms with E-state index < -0.39 is 5.82 Å². The maximum atomic E-state index is 13.0. The van der Waals surface area contributed by atoms with Gasteiger partial charge in [-0.2, -0.15) is 0 Å². The molecular formula is C12H12ClFN2S. The maximum Gasteiger partial charge on any atom is 0.141 e. The Kier molecular flexibility index (Phi) is 3.76. The molecule has 17 heavy (non-hydrogen) atoms. The van der Waals surface area contributed by atoms with E-state index in [9.17, 15) is 4.39 Å². The van der Waals surface area contributed by atoms with Crippen LogP contribution in [-0.4, -0.2) is 12.0 Å². The van der Waals surface area contributed by atoms with Crippen molar-refractivity contribution in [2.75, 3.05) is 7.05 Å². The Morgan fingerprint density at radius 2 is 2.24 bits per heavy atom. The van der Waals surface area contributed by atoms with Gasteiger partial charge in [0, 0.05) is 17.0 Å². The van der Waals surface area contributed by atoms with Crippen LogP contribution in [0.4, 0.5) is 4.39 Å². The van der Waals surface area contributed by atoms with Crippen molar-refractivity contribution in [2.24, 2.45) is 0 Å². The van der Waals surface area contributed by atoms with Gasteiger partial charge in [0.15, 0.2) is 0 Å². The first-order chi connectivity index (χ1) is 8.11. The summed E-state index contributed by atoms with van der Waals surface area (Å²) in [5.74, 6) is -0.407. The van der Waals surface area contributed by atoms with Crippen molar-refractivity contribution in [1.82, 2.24) is 10.3 Å². The van der Waals surface area contributed by atoms with Gasteiger partial charge in [0.25, 0.3) is 0 Å². The zero-order valence-corrected chi connectivity index (χ0v) is 11.1. The van der Waals surface area contributed by atoms with Crippen LogP contribution in [0.3, 0.4) is 0 Å². The lowest BCUT2D eigenvalue weighted by Gasteiger charge is -2.05. The second-order valence-corrected chi connectivity index (χ2v) is 4.98. The first-order valence-electron chi connectivity index (χ1n) is 5.20. The maximum absolute atomic E-state index is 13.0. The van der Waals surface area contributed by atoms with Gasteiger partial charge < -0.3 is 5.32 Å². The molecule has 2 rings (SSSR count). The number of halogens is 2. The minimum absolute atomic E-state index is 0.126. The van der Waals surface area contributed by atoms with Crippen LogP contribution in [0.5, 0.6) is 0 Å². The van der Waals surface area contributed by atoms with E-state index >= 15 is 0 Å². The smallest absolute Gasteiger partial charge is 0.141 e. The van der Waals surface area contributed by atoms with E-state index in [2.05, 4.69) is 10.3 Å². The molecule has 0 saturated carbocycles. The van der Waals surface area contributed by atoms with E-state index in [0.29, 0.717) is 0 Å². The molecule has 0 aliphatic rings. The van der Waals surface area contributed by atoms with E-state index in [1.54, 1.807) is 12.1 Å². The molecule has 1 atom stereocenters. The van der Waals surface area contributed by atoms with Crippen molar-refractivity contribution in [1.29, 1.82) is 0 Å². The first kappa shape index (κ1) is 12.5. The Labute approximate surface area is 108 Å². The Hall–Kier alpha value is -0.970. The molecule has 2 nitrogen and oxygen atoms in total. The van der Waals surface area contributed by atoms with Crippen LogP contribution in [0.2, 0.25) is 5.02 Å². The second-order valence-electron chi connectivity index (χ2n) is 3.72. The van der Waals surface area contributed by atoms with Gasteiger partial charge in [0.2, 0.25) is 0 Å². The number of nitrogens with zero attached hydrogens (tertiary/aromatic N) is 1. The zero-order valence-electron chi connectivity index (χ0n) is 9.50. The van der Waals surface area contributed by atoms with E-state index in [4.69, 9.17) is 11.6 Å². The third kappa shape index (κ3) is 2.65. The van der Waals surface area contributed by atoms with E-state index in [0.717, 1.165) is 16.3 Å². The third-order valence-electron chi connectivity index (χ3n) is 2.57. The Morgan fingerprint density at radius 1 is 1.47 bits per heavy atom. The third-order valence-corrected chi connectivity index (χ3v) is 3.76. The number of nitrogens with one attached hydrogen (secondary N) is 1. The summed E-state index contributed by atoms with van der Waals surface area (Å²) >= 11 is 7.28. The lowest BCUT2D eigenvalue weighted by Crippen LogP contribution is -2.12. The molecule has 1 unspecified atom stereocenters. The molecule has 0 aliphatic heterocycles. The molecule has 0 fully saturated rings. The molecule has 0 bridgehead atoms. The average molecular weight is 271 g/mol. The predicted molar refractivity (Wildman–Crippen MR) is 70.0 cm³/mol. The summed E-state index contributed by atoms with van der Waals surface area (Å²) in [5.41, 5.74) is 1.82. The number of rotatable bonds is 3. The highest BCUT2D eigenvalue weighted by atomic mass is 35.5. The van der Waals surface area contributed by atoms with Crippen LogP contribution >= 0.6 is 22.9 Å². The lowest BCUT2D eigenvalue weighted by molar-refractivity contribution is 0.628. The molecule has 1 heterocycles. The van der Waals surface area contributed by atoms with Crippen molar-refractivity contribution in [3.63, 3.8) is 0 Å². The van der Waals surface area contributed by atoms with Crippen molar-refractivity contribution >= 4 is 22.9 Å². The second kappa shape index (κ2) is 5.12. The van der Waals surface area contributed by atoms with Gasteiger partial charge in [-0.15, -0.1) is 11.3 Å². The summed E-state index contributed by atoms with van der Waals surface area (Å²) in [6.07, 6.45) is 0. The molecule has 0 radical (unpaired) electrons. The molecule has 0 saturated heterocycles. The largest absolute Gasteiger partial charge is 0.312 e. The first-order valence-corrected chi connectivity index (χ1v) is 6.45. The zero-order chi connectivity index (χ0) is 12.4. The van der Waals surface area contributed by atoms with Crippen LogP contribution in [0.25, 0.3) is 10.6 Å². The predicted octanol–water partition coefficient (Wildman–Crippen LogP) is 3.88. The number of thiazole rings is 1. The van der Waals surface area contributed by atoms with Gasteiger partial charge in [-0.3, -0.25) is 0 Å². The van der Waals surface area contributed by atoms with Gasteiger partial charge in [-0.25, -0.2) is 9.37 Å². The van der Waals surface area contributed by atoms with E-state index in [1.165, 1.54) is 17.4 Å². The minimum Gasteiger partial charge on any atom is -0.312 e. The summed E-state index contributed by atoms with van der Waals surface area (Å²) in [5, 5.41) is 6.10. The van der Waals surface area contributed by atoms with E-state index in [-0.39, 0.29) is 11.1 Å². The number of aromatic nitrogens is 1. The average Bonchev–Trinajstić information content (AvgIpc) is 2.81. The van der Waals surface area contributed by atoms with Crippen LogP contribution in [-0.2, 0) is 0 Å². The number of hydrogen-bond acceptors (Lipinski definition) is 3. The van der Waals surface area contributed by atoms with Crippen molar-refractivity contribution in [3.05, 3.63) is 40.1 Å². The molecule has 90 valence electrons. The standard InChI is InChI=1S/C12H12ClFN2S/c1-7(15-2)11-6-17-12(16-11)8-3-4-10(14)9(13)5-8/h3-7,15H,1-2H3. The summed E-state index contributed by atoms with van der Waals surface area (Å²) in [6.45, 7) is 2.04. The lowest BCUT2D eigenvalue weighted by atomic mass is 10.2. The fraction of sp³-hybridized carbons (Fsp3) is 0.250. The van der Waals surface area contributed by atoms with Gasteiger partial charge in [0.05, 0.1) is 10.7 Å². The Bertz CT molecular complexity index is 527. The van der Waals surface area contributed by atoms with Crippen molar-refractivity contribution in [2.45, 2.75) is 13.0 Å². The molecule has 1 aromatic carbocycles. The van der Waals surface area contributed by atoms with Crippen LogP contribution in [0.15, 0.2) is 23.6 Å². The topological polar surface area (TPSA) is 24.9 Å². The summed E-state index contributed by atoms with van der Waals surface area (Å²) in [4.78, 5) is 4.50. The van der Waals surface area contributed by atoms with Gasteiger partial charge in [-0.1, -0.05) is 11.6 Å². The molecule has 1 aromatic heterocycles. The monoisotopic (exact) mass is 270 g/mol. The van der Waals surface area contributed by atoms with Crippen LogP contribution in [0.1, 0.15) is 18.7 Å². The molecule has 5 heteroatoms. The fourth-order valence-electron chi connectivity index (χ4n) is 1.39. The molecule has 0 spiro atoms. The van der Waals surface area contributed by atoms with Gasteiger partial charge in [0.1, 0.15) is 10.8 Å². The van der Waals surface area contributed by atoms with Crippen molar-refractivity contribution < 1.29 is 4.39 Å². The summed E-state index contributed by atoms with van der Waals surface area (Å²) in [6, 6.07) is 4.86. The van der Waals surface area contributed by atoms with E-state index in [1.807, 2.05) is 19.4 Å². The SMILES string of the molecule is CNC(C)c1csc(-c2ccc(F)c(Cl)c2)n1. The van der Waals surface area contributed by atoms with Crippen molar-refractivity contribution in [3.8, 4) is 10.6 Å². The highest BCUT2D eigenvalue weighted by molar-refractivity contribution is 7.13. The highest BCUT2D eigenvalue weighted by Crippen LogP contribution is 2.28. The van der Waals surface area contributed by atoms with Crippen LogP contribution in [0, 0.1) is 5.82 Å². The van der Waals surface area contributed by atoms with Gasteiger partial charge >= 0.3 is 0 Å². The Morgan fingerprint density at radius 3 is 2.88 bits per heavy atom. The van der Waals surface area contributed by atoms with Crippen LogP contribution < -0.4 is 5.32 Å². The molecular weight excluding hydrogens is 259 g/mol. The highest BCUT2D eigenvalue weighted by Gasteiger charge is 2.10. The fourth-order valence-corrected chi connectivity index (χ4v) is 2.49. The Balaban J connectivity index is 2.33. The number of hydrogen-bond donors (Lipinski definition) is 1. The van der Waals surface area contributed by atoms with Gasteiger partial charge in [-0.05, 0) is 32.2 Å². The normalized spacial score (nSPS) is 12.7. The molecule has 2 aromatic rings. The summed E-state index contributed by atoms with van der Waals surface area (Å²) in [7, 11) is 1.89. The molecule has 0 aliphatic carbocycles.